The zero-order valence-electron chi connectivity index (χ0n) is 14.0. The lowest BCUT2D eigenvalue weighted by Crippen LogP contribution is -2.15. The van der Waals surface area contributed by atoms with E-state index in [1.165, 1.54) is 53.8 Å². The second kappa shape index (κ2) is 8.22. The first-order chi connectivity index (χ1) is 13.4. The van der Waals surface area contributed by atoms with Gasteiger partial charge in [-0.15, -0.1) is 11.3 Å². The molecule has 3 rings (SSSR count). The molecule has 0 radical (unpaired) electrons. The number of hydrogen-bond donors (Lipinski definition) is 0. The molecule has 10 nitrogen and oxygen atoms in total. The number of carbonyl (C=O) groups excluding carboxylic acids is 1. The SMILES string of the molecule is O=C(Oc1ccc([N+](=O)[O-])cc1)Oc1ccc([N+](=O)[O-])cc1Cc1cscn1. The first-order valence-corrected chi connectivity index (χ1v) is 8.65. The van der Waals surface area contributed by atoms with Gasteiger partial charge >= 0.3 is 6.16 Å². The highest BCUT2D eigenvalue weighted by Gasteiger charge is 2.17. The summed E-state index contributed by atoms with van der Waals surface area (Å²) in [4.78, 5) is 36.7. The van der Waals surface area contributed by atoms with Crippen LogP contribution in [0.15, 0.2) is 53.4 Å². The van der Waals surface area contributed by atoms with Gasteiger partial charge in [-0.2, -0.15) is 0 Å². The van der Waals surface area contributed by atoms with E-state index >= 15 is 0 Å². The molecule has 3 aromatic rings. The van der Waals surface area contributed by atoms with E-state index in [9.17, 15) is 25.0 Å². The van der Waals surface area contributed by atoms with Crippen LogP contribution in [0, 0.1) is 20.2 Å². The molecule has 2 aromatic carbocycles. The Labute approximate surface area is 161 Å². The Kier molecular flexibility index (Phi) is 5.56. The van der Waals surface area contributed by atoms with Gasteiger partial charge in [0.2, 0.25) is 0 Å². The van der Waals surface area contributed by atoms with Crippen LogP contribution in [0.2, 0.25) is 0 Å². The van der Waals surface area contributed by atoms with E-state index in [1.807, 2.05) is 0 Å². The van der Waals surface area contributed by atoms with Crippen LogP contribution >= 0.6 is 11.3 Å². The second-order valence-corrected chi connectivity index (χ2v) is 6.13. The van der Waals surface area contributed by atoms with Crippen molar-refractivity contribution in [2.75, 3.05) is 0 Å². The van der Waals surface area contributed by atoms with Gasteiger partial charge < -0.3 is 9.47 Å². The molecule has 11 heteroatoms. The molecule has 1 heterocycles. The molecule has 0 saturated carbocycles. The van der Waals surface area contributed by atoms with Crippen LogP contribution in [0.3, 0.4) is 0 Å². The summed E-state index contributed by atoms with van der Waals surface area (Å²) in [6, 6.07) is 8.69. The average molecular weight is 401 g/mol. The number of carbonyl (C=O) groups is 1. The summed E-state index contributed by atoms with van der Waals surface area (Å²) in [5.74, 6) is 0.143. The summed E-state index contributed by atoms with van der Waals surface area (Å²) in [6.45, 7) is 0. The topological polar surface area (TPSA) is 135 Å². The second-order valence-electron chi connectivity index (χ2n) is 5.41. The van der Waals surface area contributed by atoms with Crippen LogP contribution in [0.4, 0.5) is 16.2 Å². The van der Waals surface area contributed by atoms with E-state index in [0.717, 1.165) is 0 Å². The van der Waals surface area contributed by atoms with Crippen molar-refractivity contribution >= 4 is 28.9 Å². The normalized spacial score (nSPS) is 10.3. The molecule has 1 aromatic heterocycles. The quantitative estimate of drug-likeness (QED) is 0.260. The standard InChI is InChI=1S/C17H11N3O7S/c21-17(26-15-4-1-13(2-5-15)19(22)23)27-16-6-3-14(20(24)25)8-11(16)7-12-9-28-10-18-12/h1-6,8-10H,7H2. The first-order valence-electron chi connectivity index (χ1n) is 7.71. The molecule has 0 aliphatic carbocycles. The third-order valence-electron chi connectivity index (χ3n) is 3.55. The predicted octanol–water partition coefficient (Wildman–Crippen LogP) is 4.13. The summed E-state index contributed by atoms with van der Waals surface area (Å²) in [6.07, 6.45) is -0.854. The van der Waals surface area contributed by atoms with Crippen molar-refractivity contribution in [2.24, 2.45) is 0 Å². The fourth-order valence-electron chi connectivity index (χ4n) is 2.28. The largest absolute Gasteiger partial charge is 0.519 e. The number of aromatic nitrogens is 1. The van der Waals surface area contributed by atoms with Crippen LogP contribution in [0.5, 0.6) is 11.5 Å². The summed E-state index contributed by atoms with van der Waals surface area (Å²) in [7, 11) is 0. The molecular weight excluding hydrogens is 390 g/mol. The lowest BCUT2D eigenvalue weighted by atomic mass is 10.1. The van der Waals surface area contributed by atoms with Crippen molar-refractivity contribution in [3.8, 4) is 11.5 Å². The molecule has 28 heavy (non-hydrogen) atoms. The fourth-order valence-corrected chi connectivity index (χ4v) is 2.84. The maximum Gasteiger partial charge on any atom is 0.519 e. The minimum Gasteiger partial charge on any atom is -0.395 e. The third-order valence-corrected chi connectivity index (χ3v) is 4.19. The van der Waals surface area contributed by atoms with Crippen LogP contribution in [-0.4, -0.2) is 21.0 Å². The molecule has 0 saturated heterocycles. The maximum atomic E-state index is 12.0. The lowest BCUT2D eigenvalue weighted by Gasteiger charge is -2.09. The lowest BCUT2D eigenvalue weighted by molar-refractivity contribution is -0.385. The predicted molar refractivity (Wildman–Crippen MR) is 97.8 cm³/mol. The minimum absolute atomic E-state index is 0.0542. The Morgan fingerprint density at radius 2 is 1.68 bits per heavy atom. The number of nitro groups is 2. The summed E-state index contributed by atoms with van der Waals surface area (Å²) in [5, 5.41) is 23.4. The zero-order valence-corrected chi connectivity index (χ0v) is 14.8. The number of thiazole rings is 1. The fraction of sp³-hybridized carbons (Fsp3) is 0.0588. The number of rotatable bonds is 6. The van der Waals surface area contributed by atoms with Crippen LogP contribution in [0.25, 0.3) is 0 Å². The van der Waals surface area contributed by atoms with E-state index in [4.69, 9.17) is 9.47 Å². The van der Waals surface area contributed by atoms with Gasteiger partial charge in [-0.05, 0) is 18.2 Å². The molecule has 0 spiro atoms. The highest BCUT2D eigenvalue weighted by Crippen LogP contribution is 2.27. The van der Waals surface area contributed by atoms with Crippen LogP contribution < -0.4 is 9.47 Å². The van der Waals surface area contributed by atoms with E-state index < -0.39 is 16.0 Å². The van der Waals surface area contributed by atoms with E-state index in [2.05, 4.69) is 4.98 Å². The van der Waals surface area contributed by atoms with Gasteiger partial charge in [-0.3, -0.25) is 20.2 Å². The van der Waals surface area contributed by atoms with Crippen LogP contribution in [-0.2, 0) is 6.42 Å². The molecule has 0 N–H and O–H groups in total. The Morgan fingerprint density at radius 3 is 2.29 bits per heavy atom. The zero-order chi connectivity index (χ0) is 20.1. The van der Waals surface area contributed by atoms with E-state index in [1.54, 1.807) is 10.9 Å². The van der Waals surface area contributed by atoms with Crippen molar-refractivity contribution in [3.63, 3.8) is 0 Å². The van der Waals surface area contributed by atoms with Crippen molar-refractivity contribution in [2.45, 2.75) is 6.42 Å². The smallest absolute Gasteiger partial charge is 0.395 e. The monoisotopic (exact) mass is 401 g/mol. The van der Waals surface area contributed by atoms with Gasteiger partial charge in [0.15, 0.2) is 0 Å². The molecule has 0 atom stereocenters. The molecular formula is C17H11N3O7S. The molecule has 142 valence electrons. The summed E-state index contributed by atoms with van der Waals surface area (Å²) < 4.78 is 10.2. The molecule has 0 fully saturated rings. The Morgan fingerprint density at radius 1 is 1.00 bits per heavy atom. The Bertz CT molecular complexity index is 1020. The summed E-state index contributed by atoms with van der Waals surface area (Å²) in [5.41, 5.74) is 2.37. The molecule has 0 aliphatic heterocycles. The van der Waals surface area contributed by atoms with Gasteiger partial charge in [0.25, 0.3) is 11.4 Å². The van der Waals surface area contributed by atoms with Gasteiger partial charge in [0, 0.05) is 41.6 Å². The molecule has 0 unspecified atom stereocenters. The number of nitro benzene ring substituents is 2. The van der Waals surface area contributed by atoms with Crippen LogP contribution in [0.1, 0.15) is 11.3 Å². The van der Waals surface area contributed by atoms with Gasteiger partial charge in [-0.25, -0.2) is 9.78 Å². The van der Waals surface area contributed by atoms with Crippen molar-refractivity contribution in [1.29, 1.82) is 0 Å². The van der Waals surface area contributed by atoms with Crippen molar-refractivity contribution < 1.29 is 24.1 Å². The minimum atomic E-state index is -1.08. The van der Waals surface area contributed by atoms with Crippen molar-refractivity contribution in [1.82, 2.24) is 4.98 Å². The van der Waals surface area contributed by atoms with Gasteiger partial charge in [0.05, 0.1) is 21.1 Å². The number of nitrogens with zero attached hydrogens (tertiary/aromatic N) is 3. The molecule has 0 amide bonds. The van der Waals surface area contributed by atoms with E-state index in [0.29, 0.717) is 11.3 Å². The third kappa shape index (κ3) is 4.65. The number of benzene rings is 2. The number of ether oxygens (including phenoxy) is 2. The average Bonchev–Trinajstić information content (AvgIpc) is 3.16. The van der Waals surface area contributed by atoms with E-state index in [-0.39, 0.29) is 29.3 Å². The van der Waals surface area contributed by atoms with Crippen molar-refractivity contribution in [3.05, 3.63) is 84.8 Å². The Hall–Kier alpha value is -3.86. The maximum absolute atomic E-state index is 12.0. The van der Waals surface area contributed by atoms with Gasteiger partial charge in [0.1, 0.15) is 11.5 Å². The highest BCUT2D eigenvalue weighted by atomic mass is 32.1. The van der Waals surface area contributed by atoms with Gasteiger partial charge in [-0.1, -0.05) is 0 Å². The first kappa shape index (κ1) is 18.9. The molecule has 0 aliphatic rings. The number of non-ortho nitro benzene ring substituents is 2. The highest BCUT2D eigenvalue weighted by molar-refractivity contribution is 7.07. The Balaban J connectivity index is 1.77. The summed E-state index contributed by atoms with van der Waals surface area (Å²) >= 11 is 1.37. The molecule has 0 bridgehead atoms. The number of hydrogen-bond acceptors (Lipinski definition) is 9.